The summed E-state index contributed by atoms with van der Waals surface area (Å²) in [5.41, 5.74) is 1.85. The van der Waals surface area contributed by atoms with Crippen molar-refractivity contribution in [3.8, 4) is 17.2 Å². The Balaban J connectivity index is 1.85. The van der Waals surface area contributed by atoms with Crippen LogP contribution in [0.1, 0.15) is 18.1 Å². The zero-order valence-electron chi connectivity index (χ0n) is 16.4. The van der Waals surface area contributed by atoms with Gasteiger partial charge in [-0.05, 0) is 44.2 Å². The minimum Gasteiger partial charge on any atom is -0.508 e. The maximum absolute atomic E-state index is 12.4. The highest BCUT2D eigenvalue weighted by Gasteiger charge is 2.18. The van der Waals surface area contributed by atoms with Crippen LogP contribution in [0.25, 0.3) is 0 Å². The number of nitrogens with one attached hydrogen (secondary N) is 1. The number of hydrogen-bond acceptors (Lipinski definition) is 5. The molecule has 0 aromatic heterocycles. The Kier molecular flexibility index (Phi) is 7.49. The summed E-state index contributed by atoms with van der Waals surface area (Å²) in [5.74, 6) is 1.56. The SMILES string of the molecule is COc1ccc(CCNC(=O)C(C)N(C)Cc2ccccc2O)cc1OC. The second-order valence-corrected chi connectivity index (χ2v) is 6.45. The molecule has 0 aliphatic carbocycles. The molecule has 2 rings (SSSR count). The second-order valence-electron chi connectivity index (χ2n) is 6.45. The number of rotatable bonds is 9. The Hall–Kier alpha value is -2.73. The maximum atomic E-state index is 12.4. The molecule has 2 aromatic rings. The van der Waals surface area contributed by atoms with E-state index in [1.54, 1.807) is 26.4 Å². The summed E-state index contributed by atoms with van der Waals surface area (Å²) in [4.78, 5) is 14.3. The van der Waals surface area contributed by atoms with E-state index in [1.807, 2.05) is 49.2 Å². The van der Waals surface area contributed by atoms with Crippen LogP contribution in [0.4, 0.5) is 0 Å². The summed E-state index contributed by atoms with van der Waals surface area (Å²) in [6.07, 6.45) is 0.696. The summed E-state index contributed by atoms with van der Waals surface area (Å²) in [6, 6.07) is 12.6. The van der Waals surface area contributed by atoms with Crippen LogP contribution in [0.2, 0.25) is 0 Å². The molecular weight excluding hydrogens is 344 g/mol. The van der Waals surface area contributed by atoms with Gasteiger partial charge < -0.3 is 19.9 Å². The summed E-state index contributed by atoms with van der Waals surface area (Å²) >= 11 is 0. The van der Waals surface area contributed by atoms with Gasteiger partial charge in [0.2, 0.25) is 5.91 Å². The average molecular weight is 372 g/mol. The Morgan fingerprint density at radius 3 is 2.52 bits per heavy atom. The first-order chi connectivity index (χ1) is 13.0. The highest BCUT2D eigenvalue weighted by molar-refractivity contribution is 5.81. The van der Waals surface area contributed by atoms with Crippen LogP contribution in [-0.2, 0) is 17.8 Å². The number of nitrogens with zero attached hydrogens (tertiary/aromatic N) is 1. The predicted molar refractivity (Wildman–Crippen MR) is 105 cm³/mol. The lowest BCUT2D eigenvalue weighted by Crippen LogP contribution is -2.43. The third kappa shape index (κ3) is 5.62. The van der Waals surface area contributed by atoms with E-state index in [0.29, 0.717) is 31.0 Å². The van der Waals surface area contributed by atoms with Crippen LogP contribution in [0.3, 0.4) is 0 Å². The monoisotopic (exact) mass is 372 g/mol. The number of likely N-dealkylation sites (N-methyl/N-ethyl adjacent to an activating group) is 1. The van der Waals surface area contributed by atoms with Crippen molar-refractivity contribution in [2.45, 2.75) is 25.9 Å². The quantitative estimate of drug-likeness (QED) is 0.708. The van der Waals surface area contributed by atoms with Crippen LogP contribution >= 0.6 is 0 Å². The lowest BCUT2D eigenvalue weighted by atomic mass is 10.1. The summed E-state index contributed by atoms with van der Waals surface area (Å²) in [7, 11) is 5.07. The number of amides is 1. The van der Waals surface area contributed by atoms with Gasteiger partial charge in [-0.15, -0.1) is 0 Å². The van der Waals surface area contributed by atoms with Crippen LogP contribution in [0, 0.1) is 0 Å². The first-order valence-electron chi connectivity index (χ1n) is 8.92. The van der Waals surface area contributed by atoms with Gasteiger partial charge in [0.15, 0.2) is 11.5 Å². The van der Waals surface area contributed by atoms with Crippen molar-refractivity contribution in [2.75, 3.05) is 27.8 Å². The molecule has 0 radical (unpaired) electrons. The van der Waals surface area contributed by atoms with E-state index in [2.05, 4.69) is 5.32 Å². The number of phenols is 1. The third-order valence-electron chi connectivity index (χ3n) is 4.61. The van der Waals surface area contributed by atoms with Crippen LogP contribution in [-0.4, -0.2) is 49.8 Å². The minimum absolute atomic E-state index is 0.0478. The molecule has 6 heteroatoms. The first kappa shape index (κ1) is 20.6. The normalized spacial score (nSPS) is 11.9. The number of carbonyl (C=O) groups excluding carboxylic acids is 1. The third-order valence-corrected chi connectivity index (χ3v) is 4.61. The Bertz CT molecular complexity index is 764. The fourth-order valence-corrected chi connectivity index (χ4v) is 2.76. The van der Waals surface area contributed by atoms with Gasteiger partial charge in [0.1, 0.15) is 5.75 Å². The van der Waals surface area contributed by atoms with Gasteiger partial charge in [0.05, 0.1) is 20.3 Å². The number of ether oxygens (including phenoxy) is 2. The van der Waals surface area contributed by atoms with Crippen LogP contribution < -0.4 is 14.8 Å². The van der Waals surface area contributed by atoms with Crippen molar-refractivity contribution in [1.82, 2.24) is 10.2 Å². The molecule has 0 spiro atoms. The molecule has 0 saturated heterocycles. The number of methoxy groups -OCH3 is 2. The molecule has 6 nitrogen and oxygen atoms in total. The molecule has 0 aliphatic rings. The van der Waals surface area contributed by atoms with Gasteiger partial charge in [0.25, 0.3) is 0 Å². The Morgan fingerprint density at radius 1 is 1.15 bits per heavy atom. The van der Waals surface area contributed by atoms with Crippen molar-refractivity contribution < 1.29 is 19.4 Å². The second kappa shape index (κ2) is 9.83. The van der Waals surface area contributed by atoms with Gasteiger partial charge in [-0.2, -0.15) is 0 Å². The van der Waals surface area contributed by atoms with E-state index in [1.165, 1.54) is 0 Å². The van der Waals surface area contributed by atoms with E-state index in [4.69, 9.17) is 9.47 Å². The molecule has 2 aromatic carbocycles. The summed E-state index contributed by atoms with van der Waals surface area (Å²) in [6.45, 7) is 2.88. The smallest absolute Gasteiger partial charge is 0.237 e. The fraction of sp³-hybridized carbons (Fsp3) is 0.381. The summed E-state index contributed by atoms with van der Waals surface area (Å²) in [5, 5.41) is 12.8. The largest absolute Gasteiger partial charge is 0.508 e. The molecule has 0 heterocycles. The number of para-hydroxylation sites is 1. The van der Waals surface area contributed by atoms with Gasteiger partial charge in [-0.1, -0.05) is 24.3 Å². The zero-order valence-corrected chi connectivity index (χ0v) is 16.4. The van der Waals surface area contributed by atoms with E-state index in [-0.39, 0.29) is 17.7 Å². The van der Waals surface area contributed by atoms with Crippen molar-refractivity contribution in [1.29, 1.82) is 0 Å². The molecule has 0 aliphatic heterocycles. The lowest BCUT2D eigenvalue weighted by molar-refractivity contribution is -0.125. The predicted octanol–water partition coefficient (Wildman–Crippen LogP) is 2.59. The molecule has 0 bridgehead atoms. The molecule has 146 valence electrons. The van der Waals surface area contributed by atoms with E-state index >= 15 is 0 Å². The number of benzene rings is 2. The van der Waals surface area contributed by atoms with Crippen LogP contribution in [0.15, 0.2) is 42.5 Å². The van der Waals surface area contributed by atoms with Crippen molar-refractivity contribution in [3.05, 3.63) is 53.6 Å². The number of carbonyl (C=O) groups is 1. The summed E-state index contributed by atoms with van der Waals surface area (Å²) < 4.78 is 10.5. The highest BCUT2D eigenvalue weighted by atomic mass is 16.5. The first-order valence-corrected chi connectivity index (χ1v) is 8.92. The van der Waals surface area contributed by atoms with Gasteiger partial charge >= 0.3 is 0 Å². The maximum Gasteiger partial charge on any atom is 0.237 e. The molecule has 1 unspecified atom stereocenters. The van der Waals surface area contributed by atoms with Crippen molar-refractivity contribution >= 4 is 5.91 Å². The topological polar surface area (TPSA) is 71.0 Å². The minimum atomic E-state index is -0.310. The Morgan fingerprint density at radius 2 is 1.85 bits per heavy atom. The standard InChI is InChI=1S/C21H28N2O4/c1-15(23(2)14-17-7-5-6-8-18(17)24)21(25)22-12-11-16-9-10-19(26-3)20(13-16)27-4/h5-10,13,15,24H,11-12,14H2,1-4H3,(H,22,25). The number of phenolic OH excluding ortho intramolecular Hbond substituents is 1. The van der Waals surface area contributed by atoms with Gasteiger partial charge in [-0.3, -0.25) is 9.69 Å². The molecular formula is C21H28N2O4. The lowest BCUT2D eigenvalue weighted by Gasteiger charge is -2.24. The van der Waals surface area contributed by atoms with Gasteiger partial charge in [0, 0.05) is 18.7 Å². The number of aromatic hydroxyl groups is 1. The van der Waals surface area contributed by atoms with Crippen LogP contribution in [0.5, 0.6) is 17.2 Å². The van der Waals surface area contributed by atoms with E-state index in [0.717, 1.165) is 11.1 Å². The van der Waals surface area contributed by atoms with Crippen molar-refractivity contribution in [2.24, 2.45) is 0 Å². The molecule has 27 heavy (non-hydrogen) atoms. The molecule has 0 fully saturated rings. The molecule has 1 atom stereocenters. The van der Waals surface area contributed by atoms with Crippen molar-refractivity contribution in [3.63, 3.8) is 0 Å². The zero-order chi connectivity index (χ0) is 19.8. The molecule has 1 amide bonds. The highest BCUT2D eigenvalue weighted by Crippen LogP contribution is 2.27. The van der Waals surface area contributed by atoms with E-state index < -0.39 is 0 Å². The van der Waals surface area contributed by atoms with Gasteiger partial charge in [-0.25, -0.2) is 0 Å². The Labute approximate surface area is 160 Å². The molecule has 0 saturated carbocycles. The average Bonchev–Trinajstić information content (AvgIpc) is 2.68. The fourth-order valence-electron chi connectivity index (χ4n) is 2.76. The van der Waals surface area contributed by atoms with E-state index in [9.17, 15) is 9.90 Å². The molecule has 2 N–H and O–H groups in total. The number of hydrogen-bond donors (Lipinski definition) is 2.